The second kappa shape index (κ2) is 10.7. The molecule has 0 bridgehead atoms. The molecule has 0 aliphatic carbocycles. The number of hydrogen-bond donors (Lipinski definition) is 0. The molecule has 0 spiro atoms. The highest BCUT2D eigenvalue weighted by atomic mass is 32.1. The Labute approximate surface area is 207 Å². The van der Waals surface area contributed by atoms with E-state index in [0.717, 1.165) is 24.8 Å². The Kier molecular flexibility index (Phi) is 7.29. The van der Waals surface area contributed by atoms with Crippen molar-refractivity contribution in [2.75, 3.05) is 33.7 Å². The van der Waals surface area contributed by atoms with Gasteiger partial charge in [0.1, 0.15) is 12.4 Å². The lowest BCUT2D eigenvalue weighted by molar-refractivity contribution is 0.146. The van der Waals surface area contributed by atoms with Gasteiger partial charge in [0.15, 0.2) is 0 Å². The van der Waals surface area contributed by atoms with E-state index >= 15 is 0 Å². The van der Waals surface area contributed by atoms with Crippen molar-refractivity contribution in [1.29, 1.82) is 0 Å². The molecule has 1 aliphatic rings. The van der Waals surface area contributed by atoms with Crippen molar-refractivity contribution in [3.8, 4) is 16.9 Å². The Bertz CT molecular complexity index is 1190. The number of piperidine rings is 1. The summed E-state index contributed by atoms with van der Waals surface area (Å²) >= 11 is 1.88. The van der Waals surface area contributed by atoms with Gasteiger partial charge in [0.05, 0.1) is 0 Å². The fourth-order valence-corrected chi connectivity index (χ4v) is 6.16. The number of benzene rings is 3. The van der Waals surface area contributed by atoms with E-state index in [1.165, 1.54) is 57.6 Å². The Morgan fingerprint density at radius 1 is 0.853 bits per heavy atom. The first-order valence-corrected chi connectivity index (χ1v) is 13.2. The number of fused-ring (bicyclic) bond motifs is 1. The van der Waals surface area contributed by atoms with E-state index in [9.17, 15) is 0 Å². The maximum Gasteiger partial charge on any atom is 0.123 e. The first kappa shape index (κ1) is 23.1. The smallest absolute Gasteiger partial charge is 0.123 e. The minimum Gasteiger partial charge on any atom is -0.488 e. The minimum absolute atomic E-state index is 0.627. The molecule has 1 aromatic heterocycles. The molecule has 5 rings (SSSR count). The molecule has 0 radical (unpaired) electrons. The molecule has 3 nitrogen and oxygen atoms in total. The van der Waals surface area contributed by atoms with Crippen LogP contribution in [0.1, 0.15) is 23.3 Å². The van der Waals surface area contributed by atoms with Crippen molar-refractivity contribution in [3.63, 3.8) is 0 Å². The molecule has 1 fully saturated rings. The summed E-state index contributed by atoms with van der Waals surface area (Å²) in [5.74, 6) is 0.925. The van der Waals surface area contributed by atoms with Gasteiger partial charge in [-0.15, -0.1) is 11.3 Å². The highest BCUT2D eigenvalue weighted by Crippen LogP contribution is 2.33. The van der Waals surface area contributed by atoms with Gasteiger partial charge in [-0.05, 0) is 86.7 Å². The molecule has 2 heterocycles. The van der Waals surface area contributed by atoms with Gasteiger partial charge >= 0.3 is 0 Å². The standard InChI is InChI=1S/C30H34N2OS/c1-31(2)25-16-19-32(20-17-25)21-18-28-27-10-6-7-11-29(27)34-30(28)22-33-26-14-12-24(13-15-26)23-8-4-3-5-9-23/h3-15,25H,16-22H2,1-2H3. The predicted molar refractivity (Wildman–Crippen MR) is 145 cm³/mol. The Morgan fingerprint density at radius 3 is 2.26 bits per heavy atom. The topological polar surface area (TPSA) is 15.7 Å². The fourth-order valence-electron chi connectivity index (χ4n) is 4.99. The van der Waals surface area contributed by atoms with Crippen molar-refractivity contribution in [3.05, 3.63) is 89.3 Å². The zero-order valence-electron chi connectivity index (χ0n) is 20.2. The summed E-state index contributed by atoms with van der Waals surface area (Å²) in [6.07, 6.45) is 3.63. The van der Waals surface area contributed by atoms with Crippen LogP contribution >= 0.6 is 11.3 Å². The van der Waals surface area contributed by atoms with Gasteiger partial charge in [-0.3, -0.25) is 0 Å². The molecule has 4 heteroatoms. The molecule has 0 unspecified atom stereocenters. The molecule has 1 saturated heterocycles. The third kappa shape index (κ3) is 5.35. The summed E-state index contributed by atoms with van der Waals surface area (Å²) in [6.45, 7) is 4.15. The van der Waals surface area contributed by atoms with E-state index in [1.807, 2.05) is 11.3 Å². The van der Waals surface area contributed by atoms with Crippen LogP contribution < -0.4 is 4.74 Å². The number of thiophene rings is 1. The maximum atomic E-state index is 6.28. The zero-order valence-corrected chi connectivity index (χ0v) is 21.1. The van der Waals surface area contributed by atoms with Crippen molar-refractivity contribution in [2.24, 2.45) is 0 Å². The third-order valence-corrected chi connectivity index (χ3v) is 8.27. The SMILES string of the molecule is CN(C)C1CCN(CCc2c(COc3ccc(-c4ccccc4)cc3)sc3ccccc23)CC1. The quantitative estimate of drug-likeness (QED) is 0.284. The van der Waals surface area contributed by atoms with Gasteiger partial charge in [-0.1, -0.05) is 60.7 Å². The fraction of sp³-hybridized carbons (Fsp3) is 0.333. The second-order valence-electron chi connectivity index (χ2n) is 9.47. The number of rotatable bonds is 8. The summed E-state index contributed by atoms with van der Waals surface area (Å²) in [5.41, 5.74) is 3.92. The van der Waals surface area contributed by atoms with E-state index in [2.05, 4.69) is 103 Å². The van der Waals surface area contributed by atoms with Gasteiger partial charge < -0.3 is 14.5 Å². The van der Waals surface area contributed by atoms with Crippen LogP contribution in [0.5, 0.6) is 5.75 Å². The van der Waals surface area contributed by atoms with Crippen LogP contribution in [0, 0.1) is 0 Å². The van der Waals surface area contributed by atoms with Gasteiger partial charge in [0.25, 0.3) is 0 Å². The Balaban J connectivity index is 1.26. The molecule has 0 N–H and O–H groups in total. The molecule has 176 valence electrons. The summed E-state index contributed by atoms with van der Waals surface area (Å²) in [7, 11) is 4.42. The van der Waals surface area contributed by atoms with Gasteiger partial charge in [0, 0.05) is 22.2 Å². The van der Waals surface area contributed by atoms with Crippen molar-refractivity contribution in [1.82, 2.24) is 9.80 Å². The average molecular weight is 471 g/mol. The van der Waals surface area contributed by atoms with Crippen LogP contribution in [-0.2, 0) is 13.0 Å². The third-order valence-electron chi connectivity index (χ3n) is 7.08. The van der Waals surface area contributed by atoms with Crippen molar-refractivity contribution < 1.29 is 4.74 Å². The van der Waals surface area contributed by atoms with Crippen LogP contribution in [0.4, 0.5) is 0 Å². The van der Waals surface area contributed by atoms with Crippen LogP contribution in [-0.4, -0.2) is 49.6 Å². The molecular formula is C30H34N2OS. The monoisotopic (exact) mass is 470 g/mol. The van der Waals surface area contributed by atoms with E-state index in [-0.39, 0.29) is 0 Å². The highest BCUT2D eigenvalue weighted by Gasteiger charge is 2.21. The Morgan fingerprint density at radius 2 is 1.53 bits per heavy atom. The lowest BCUT2D eigenvalue weighted by Crippen LogP contribution is -2.42. The zero-order chi connectivity index (χ0) is 23.3. The first-order valence-electron chi connectivity index (χ1n) is 12.3. The molecule has 34 heavy (non-hydrogen) atoms. The van der Waals surface area contributed by atoms with E-state index < -0.39 is 0 Å². The lowest BCUT2D eigenvalue weighted by Gasteiger charge is -2.35. The molecule has 0 amide bonds. The minimum atomic E-state index is 0.627. The molecule has 0 atom stereocenters. The molecule has 3 aromatic carbocycles. The van der Waals surface area contributed by atoms with Gasteiger partial charge in [0.2, 0.25) is 0 Å². The average Bonchev–Trinajstić information content (AvgIpc) is 3.24. The maximum absolute atomic E-state index is 6.28. The predicted octanol–water partition coefficient (Wildman–Crippen LogP) is 6.72. The van der Waals surface area contributed by atoms with Crippen LogP contribution in [0.25, 0.3) is 21.2 Å². The van der Waals surface area contributed by atoms with Crippen molar-refractivity contribution in [2.45, 2.75) is 31.9 Å². The first-order chi connectivity index (χ1) is 16.7. The normalized spacial score (nSPS) is 15.3. The number of hydrogen-bond acceptors (Lipinski definition) is 4. The molecule has 1 aliphatic heterocycles. The van der Waals surface area contributed by atoms with E-state index in [0.29, 0.717) is 6.61 Å². The summed E-state index contributed by atoms with van der Waals surface area (Å²) in [5, 5.41) is 1.40. The van der Waals surface area contributed by atoms with Crippen LogP contribution in [0.3, 0.4) is 0 Å². The molecule has 0 saturated carbocycles. The van der Waals surface area contributed by atoms with Gasteiger partial charge in [-0.2, -0.15) is 0 Å². The number of ether oxygens (including phenoxy) is 1. The number of likely N-dealkylation sites (tertiary alicyclic amines) is 1. The van der Waals surface area contributed by atoms with Crippen LogP contribution in [0.2, 0.25) is 0 Å². The molecule has 4 aromatic rings. The summed E-state index contributed by atoms with van der Waals surface area (Å²) in [6, 6.07) is 28.5. The van der Waals surface area contributed by atoms with Crippen LogP contribution in [0.15, 0.2) is 78.9 Å². The highest BCUT2D eigenvalue weighted by molar-refractivity contribution is 7.19. The lowest BCUT2D eigenvalue weighted by atomic mass is 10.0. The largest absolute Gasteiger partial charge is 0.488 e. The van der Waals surface area contributed by atoms with E-state index in [1.54, 1.807) is 0 Å². The van der Waals surface area contributed by atoms with E-state index in [4.69, 9.17) is 4.74 Å². The summed E-state index contributed by atoms with van der Waals surface area (Å²) in [4.78, 5) is 6.38. The summed E-state index contributed by atoms with van der Waals surface area (Å²) < 4.78 is 7.64. The van der Waals surface area contributed by atoms with Crippen molar-refractivity contribution >= 4 is 21.4 Å². The van der Waals surface area contributed by atoms with Gasteiger partial charge in [-0.25, -0.2) is 0 Å². The number of nitrogens with zero attached hydrogens (tertiary/aromatic N) is 2. The molecular weight excluding hydrogens is 436 g/mol. The second-order valence-corrected chi connectivity index (χ2v) is 10.6. The Hall–Kier alpha value is -2.66.